The zero-order chi connectivity index (χ0) is 15.4. The molecule has 1 aromatic heterocycles. The molecule has 2 aromatic rings. The zero-order valence-electron chi connectivity index (χ0n) is 11.1. The molecule has 21 heavy (non-hydrogen) atoms. The van der Waals surface area contributed by atoms with Crippen molar-refractivity contribution in [1.82, 2.24) is 10.3 Å². The largest absolute Gasteiger partial charge is 0.343 e. The lowest BCUT2D eigenvalue weighted by Gasteiger charge is -2.14. The third kappa shape index (κ3) is 3.40. The molecule has 2 rings (SSSR count). The summed E-state index contributed by atoms with van der Waals surface area (Å²) in [6.45, 7) is 1.89. The second kappa shape index (κ2) is 6.40. The third-order valence-electron chi connectivity index (χ3n) is 2.87. The van der Waals surface area contributed by atoms with Crippen LogP contribution in [0.1, 0.15) is 34.8 Å². The topological polar surface area (TPSA) is 85.1 Å². The van der Waals surface area contributed by atoms with Gasteiger partial charge in [0, 0.05) is 23.2 Å². The SMILES string of the molecule is CCC(NC(=O)c1ccc([N+](=O)[O-])c(F)c1)c1nccs1. The lowest BCUT2D eigenvalue weighted by Crippen LogP contribution is -2.28. The van der Waals surface area contributed by atoms with Gasteiger partial charge in [-0.25, -0.2) is 4.98 Å². The molecule has 1 heterocycles. The van der Waals surface area contributed by atoms with Crippen LogP contribution in [0.15, 0.2) is 29.8 Å². The molecule has 6 nitrogen and oxygen atoms in total. The molecule has 1 amide bonds. The van der Waals surface area contributed by atoms with Crippen LogP contribution in [0.4, 0.5) is 10.1 Å². The fourth-order valence-corrected chi connectivity index (χ4v) is 2.56. The van der Waals surface area contributed by atoms with Gasteiger partial charge in [-0.2, -0.15) is 4.39 Å². The van der Waals surface area contributed by atoms with Crippen LogP contribution in [0.25, 0.3) is 0 Å². The highest BCUT2D eigenvalue weighted by Crippen LogP contribution is 2.21. The average Bonchev–Trinajstić information content (AvgIpc) is 2.97. The second-order valence-corrected chi connectivity index (χ2v) is 5.15. The monoisotopic (exact) mass is 309 g/mol. The minimum absolute atomic E-state index is 0.0353. The summed E-state index contributed by atoms with van der Waals surface area (Å²) in [6, 6.07) is 2.80. The maximum Gasteiger partial charge on any atom is 0.304 e. The number of benzene rings is 1. The van der Waals surface area contributed by atoms with Crippen molar-refractivity contribution < 1.29 is 14.1 Å². The Kier molecular flexibility index (Phi) is 4.59. The van der Waals surface area contributed by atoms with Gasteiger partial charge in [-0.3, -0.25) is 14.9 Å². The molecular formula is C13H12FN3O3S. The molecule has 0 spiro atoms. The minimum Gasteiger partial charge on any atom is -0.343 e. The van der Waals surface area contributed by atoms with E-state index in [1.807, 2.05) is 6.92 Å². The minimum atomic E-state index is -1.03. The van der Waals surface area contributed by atoms with E-state index in [4.69, 9.17) is 0 Å². The summed E-state index contributed by atoms with van der Waals surface area (Å²) in [4.78, 5) is 25.9. The zero-order valence-corrected chi connectivity index (χ0v) is 11.9. The molecule has 0 fully saturated rings. The molecule has 0 saturated carbocycles. The van der Waals surface area contributed by atoms with Crippen LogP contribution in [0, 0.1) is 15.9 Å². The highest BCUT2D eigenvalue weighted by molar-refractivity contribution is 7.09. The fourth-order valence-electron chi connectivity index (χ4n) is 1.78. The third-order valence-corrected chi connectivity index (χ3v) is 3.76. The first kappa shape index (κ1) is 15.0. The van der Waals surface area contributed by atoms with Crippen molar-refractivity contribution in [2.75, 3.05) is 0 Å². The second-order valence-electron chi connectivity index (χ2n) is 4.23. The molecule has 0 aliphatic carbocycles. The summed E-state index contributed by atoms with van der Waals surface area (Å²) in [5, 5.41) is 15.8. The highest BCUT2D eigenvalue weighted by Gasteiger charge is 2.19. The van der Waals surface area contributed by atoms with Crippen LogP contribution in [0.5, 0.6) is 0 Å². The van der Waals surface area contributed by atoms with Crippen molar-refractivity contribution in [3.05, 3.63) is 56.3 Å². The molecule has 1 N–H and O–H groups in total. The molecule has 0 bridgehead atoms. The Bertz CT molecular complexity index is 661. The predicted octanol–water partition coefficient (Wildman–Crippen LogP) is 3.07. The number of carbonyl (C=O) groups excluding carboxylic acids is 1. The Morgan fingerprint density at radius 3 is 2.86 bits per heavy atom. The standard InChI is InChI=1S/C13H12FN3O3S/c1-2-10(13-15-5-6-21-13)16-12(18)8-3-4-11(17(19)20)9(14)7-8/h3-7,10H,2H2,1H3,(H,16,18). The van der Waals surface area contributed by atoms with Crippen molar-refractivity contribution in [3.63, 3.8) is 0 Å². The molecule has 110 valence electrons. The van der Waals surface area contributed by atoms with Crippen LogP contribution >= 0.6 is 11.3 Å². The molecular weight excluding hydrogens is 297 g/mol. The Morgan fingerprint density at radius 1 is 1.57 bits per heavy atom. The first-order valence-electron chi connectivity index (χ1n) is 6.17. The number of hydrogen-bond acceptors (Lipinski definition) is 5. The summed E-state index contributed by atoms with van der Waals surface area (Å²) in [5.74, 6) is -1.53. The number of nitrogens with zero attached hydrogens (tertiary/aromatic N) is 2. The summed E-state index contributed by atoms with van der Waals surface area (Å²) in [6.07, 6.45) is 2.27. The summed E-state index contributed by atoms with van der Waals surface area (Å²) in [7, 11) is 0. The Labute approximate surface area is 123 Å². The molecule has 0 aliphatic rings. The van der Waals surface area contributed by atoms with Gasteiger partial charge in [0.25, 0.3) is 5.91 Å². The van der Waals surface area contributed by atoms with Gasteiger partial charge in [0.2, 0.25) is 5.82 Å². The van der Waals surface area contributed by atoms with Crippen molar-refractivity contribution >= 4 is 22.9 Å². The number of carbonyl (C=O) groups is 1. The van der Waals surface area contributed by atoms with E-state index in [9.17, 15) is 19.3 Å². The molecule has 0 aliphatic heterocycles. The van der Waals surface area contributed by atoms with Gasteiger partial charge in [-0.1, -0.05) is 6.92 Å². The number of amides is 1. The highest BCUT2D eigenvalue weighted by atomic mass is 32.1. The van der Waals surface area contributed by atoms with Crippen molar-refractivity contribution in [2.24, 2.45) is 0 Å². The number of nitro groups is 1. The first-order valence-corrected chi connectivity index (χ1v) is 7.05. The van der Waals surface area contributed by atoms with E-state index in [-0.39, 0.29) is 11.6 Å². The van der Waals surface area contributed by atoms with E-state index in [0.717, 1.165) is 17.1 Å². The lowest BCUT2D eigenvalue weighted by atomic mass is 10.1. The summed E-state index contributed by atoms with van der Waals surface area (Å²) in [5.41, 5.74) is -0.619. The van der Waals surface area contributed by atoms with Crippen LogP contribution in [-0.4, -0.2) is 15.8 Å². The molecule has 1 aromatic carbocycles. The Balaban J connectivity index is 2.16. The normalized spacial score (nSPS) is 11.9. The van der Waals surface area contributed by atoms with E-state index < -0.39 is 22.3 Å². The Morgan fingerprint density at radius 2 is 2.33 bits per heavy atom. The number of aromatic nitrogens is 1. The maximum absolute atomic E-state index is 13.5. The molecule has 1 atom stereocenters. The predicted molar refractivity (Wildman–Crippen MR) is 75.7 cm³/mol. The van der Waals surface area contributed by atoms with Crippen LogP contribution in [-0.2, 0) is 0 Å². The van der Waals surface area contributed by atoms with Gasteiger partial charge in [0.1, 0.15) is 5.01 Å². The van der Waals surface area contributed by atoms with Crippen molar-refractivity contribution in [1.29, 1.82) is 0 Å². The van der Waals surface area contributed by atoms with Crippen molar-refractivity contribution in [3.8, 4) is 0 Å². The quantitative estimate of drug-likeness (QED) is 0.679. The van der Waals surface area contributed by atoms with Crippen LogP contribution < -0.4 is 5.32 Å². The van der Waals surface area contributed by atoms with E-state index in [0.29, 0.717) is 6.42 Å². The molecule has 1 unspecified atom stereocenters. The number of nitrogens with one attached hydrogen (secondary N) is 1. The smallest absolute Gasteiger partial charge is 0.304 e. The fraction of sp³-hybridized carbons (Fsp3) is 0.231. The molecule has 0 radical (unpaired) electrons. The molecule has 0 saturated heterocycles. The first-order chi connectivity index (χ1) is 10.0. The Hall–Kier alpha value is -2.35. The van der Waals surface area contributed by atoms with Gasteiger partial charge in [-0.05, 0) is 18.6 Å². The van der Waals surface area contributed by atoms with Gasteiger partial charge in [0.05, 0.1) is 11.0 Å². The van der Waals surface area contributed by atoms with Crippen LogP contribution in [0.3, 0.4) is 0 Å². The average molecular weight is 309 g/mol. The molecule has 8 heteroatoms. The van der Waals surface area contributed by atoms with E-state index >= 15 is 0 Å². The van der Waals surface area contributed by atoms with E-state index in [1.165, 1.54) is 17.4 Å². The number of nitro benzene ring substituents is 1. The number of thiazole rings is 1. The summed E-state index contributed by atoms with van der Waals surface area (Å²) < 4.78 is 13.5. The van der Waals surface area contributed by atoms with Gasteiger partial charge >= 0.3 is 5.69 Å². The van der Waals surface area contributed by atoms with Gasteiger partial charge in [-0.15, -0.1) is 11.3 Å². The van der Waals surface area contributed by atoms with Crippen molar-refractivity contribution in [2.45, 2.75) is 19.4 Å². The van der Waals surface area contributed by atoms with E-state index in [2.05, 4.69) is 10.3 Å². The summed E-state index contributed by atoms with van der Waals surface area (Å²) >= 11 is 1.41. The van der Waals surface area contributed by atoms with Crippen LogP contribution in [0.2, 0.25) is 0 Å². The number of halogens is 1. The maximum atomic E-state index is 13.5. The lowest BCUT2D eigenvalue weighted by molar-refractivity contribution is -0.387. The van der Waals surface area contributed by atoms with Gasteiger partial charge < -0.3 is 5.32 Å². The number of hydrogen-bond donors (Lipinski definition) is 1. The number of rotatable bonds is 5. The van der Waals surface area contributed by atoms with Gasteiger partial charge in [0.15, 0.2) is 0 Å². The van der Waals surface area contributed by atoms with E-state index in [1.54, 1.807) is 11.6 Å².